The molecule has 4 aromatic rings. The van der Waals surface area contributed by atoms with Gasteiger partial charge in [-0.25, -0.2) is 4.79 Å². The summed E-state index contributed by atoms with van der Waals surface area (Å²) in [5.74, 6) is 1.28. The van der Waals surface area contributed by atoms with Gasteiger partial charge < -0.3 is 28.4 Å². The quantitative estimate of drug-likeness (QED) is 0.0785. The fraction of sp³-hybridized carbons (Fsp3) is 0.382. The molecule has 0 aliphatic heterocycles. The number of carbonyl (C=O) groups is 1. The van der Waals surface area contributed by atoms with Crippen LogP contribution in [0.1, 0.15) is 53.7 Å². The van der Waals surface area contributed by atoms with Crippen LogP contribution in [0.4, 0.5) is 0 Å². The van der Waals surface area contributed by atoms with Crippen LogP contribution in [0, 0.1) is 0 Å². The molecule has 0 saturated carbocycles. The van der Waals surface area contributed by atoms with Gasteiger partial charge in [0.2, 0.25) is 0 Å². The number of aryl methyl sites for hydroxylation is 1. The van der Waals surface area contributed by atoms with Crippen LogP contribution in [-0.4, -0.2) is 50.0 Å². The van der Waals surface area contributed by atoms with Crippen molar-refractivity contribution in [2.45, 2.75) is 51.8 Å². The first-order valence-electron chi connectivity index (χ1n) is 14.4. The normalized spacial score (nSPS) is 11.2. The van der Waals surface area contributed by atoms with Gasteiger partial charge in [-0.1, -0.05) is 61.7 Å². The second kappa shape index (κ2) is 15.8. The number of rotatable bonds is 17. The fourth-order valence-corrected chi connectivity index (χ4v) is 4.82. The minimum atomic E-state index is -0.322. The molecule has 0 fully saturated rings. The highest BCUT2D eigenvalue weighted by Gasteiger charge is 2.16. The van der Waals surface area contributed by atoms with Gasteiger partial charge in [-0.3, -0.25) is 0 Å². The second-order valence-electron chi connectivity index (χ2n) is 10.5. The Hall–Kier alpha value is -3.81. The Balaban J connectivity index is 1.16. The Morgan fingerprint density at radius 1 is 0.780 bits per heavy atom. The van der Waals surface area contributed by atoms with E-state index >= 15 is 0 Å². The van der Waals surface area contributed by atoms with Gasteiger partial charge in [0.25, 0.3) is 0 Å². The summed E-state index contributed by atoms with van der Waals surface area (Å²) in [6, 6.07) is 26.1. The number of benzene rings is 3. The first kappa shape index (κ1) is 30.2. The highest BCUT2D eigenvalue weighted by Crippen LogP contribution is 2.27. The molecule has 0 bridgehead atoms. The zero-order chi connectivity index (χ0) is 28.9. The van der Waals surface area contributed by atoms with E-state index in [1.54, 1.807) is 0 Å². The third-order valence-electron chi connectivity index (χ3n) is 6.92. The highest BCUT2D eigenvalue weighted by molar-refractivity contribution is 5.96. The number of unbranched alkanes of at least 4 members (excludes halogenated alkanes) is 4. The molecule has 0 aliphatic rings. The van der Waals surface area contributed by atoms with E-state index in [1.165, 1.54) is 12.7 Å². The first-order chi connectivity index (χ1) is 20.0. The van der Waals surface area contributed by atoms with Crippen molar-refractivity contribution in [2.24, 2.45) is 0 Å². The summed E-state index contributed by atoms with van der Waals surface area (Å²) in [7, 11) is 5.54. The van der Waals surface area contributed by atoms with Crippen LogP contribution in [0.2, 0.25) is 0 Å². The third kappa shape index (κ3) is 9.37. The van der Waals surface area contributed by atoms with Crippen molar-refractivity contribution in [1.82, 2.24) is 9.47 Å². The lowest BCUT2D eigenvalue weighted by Crippen LogP contribution is -2.10. The minimum Gasteiger partial charge on any atom is -0.489 e. The molecule has 0 saturated heterocycles. The number of aromatic nitrogens is 1. The number of hydrogen-bond donors (Lipinski definition) is 0. The Morgan fingerprint density at radius 2 is 1.51 bits per heavy atom. The molecule has 7 nitrogen and oxygen atoms in total. The summed E-state index contributed by atoms with van der Waals surface area (Å²) in [5, 5.41) is 0.972. The SMILES string of the molecule is COC(=O)c1cc2cc(OCc3ccccc3)ccc2n1CCCCCCCOCOc1ccc(CN(C)C)cc1. The predicted molar refractivity (Wildman–Crippen MR) is 162 cm³/mol. The van der Waals surface area contributed by atoms with E-state index in [0.29, 0.717) is 18.9 Å². The molecule has 3 aromatic carbocycles. The van der Waals surface area contributed by atoms with Gasteiger partial charge in [-0.2, -0.15) is 0 Å². The molecule has 0 amide bonds. The van der Waals surface area contributed by atoms with E-state index in [0.717, 1.165) is 73.2 Å². The molecule has 0 N–H and O–H groups in total. The van der Waals surface area contributed by atoms with Crippen molar-refractivity contribution in [3.8, 4) is 11.5 Å². The van der Waals surface area contributed by atoms with E-state index in [1.807, 2.05) is 66.7 Å². The maximum absolute atomic E-state index is 12.5. The van der Waals surface area contributed by atoms with Gasteiger partial charge in [0, 0.05) is 24.0 Å². The molecule has 1 aromatic heterocycles. The van der Waals surface area contributed by atoms with E-state index in [4.69, 9.17) is 18.9 Å². The molecule has 0 atom stereocenters. The van der Waals surface area contributed by atoms with E-state index < -0.39 is 0 Å². The Morgan fingerprint density at radius 3 is 2.27 bits per heavy atom. The predicted octanol–water partition coefficient (Wildman–Crippen LogP) is 7.07. The highest BCUT2D eigenvalue weighted by atomic mass is 16.7. The molecule has 0 unspecified atom stereocenters. The van der Waals surface area contributed by atoms with Crippen molar-refractivity contribution < 1.29 is 23.7 Å². The monoisotopic (exact) mass is 558 g/mol. The largest absolute Gasteiger partial charge is 0.489 e. The topological polar surface area (TPSA) is 62.2 Å². The standard InChI is InChI=1S/C34H42N2O5/c1-35(2)24-27-14-16-30(17-15-27)41-26-39-21-11-6-4-5-10-20-36-32-19-18-31(40-25-28-12-8-7-9-13-28)22-29(32)23-33(36)34(37)38-3/h7-9,12-19,22-23H,4-6,10-11,20-21,24-26H2,1-3H3. The molecular formula is C34H42N2O5. The lowest BCUT2D eigenvalue weighted by molar-refractivity contribution is 0.0135. The van der Waals surface area contributed by atoms with Crippen molar-refractivity contribution in [2.75, 3.05) is 34.6 Å². The van der Waals surface area contributed by atoms with Gasteiger partial charge in [0.1, 0.15) is 23.8 Å². The van der Waals surface area contributed by atoms with Crippen LogP contribution < -0.4 is 9.47 Å². The van der Waals surface area contributed by atoms with Crippen LogP contribution in [0.25, 0.3) is 10.9 Å². The van der Waals surface area contributed by atoms with Gasteiger partial charge in [0.05, 0.1) is 13.7 Å². The molecular weight excluding hydrogens is 516 g/mol. The number of ether oxygens (including phenoxy) is 4. The zero-order valence-electron chi connectivity index (χ0n) is 24.5. The average Bonchev–Trinajstić information content (AvgIpc) is 3.35. The lowest BCUT2D eigenvalue weighted by atomic mass is 10.1. The van der Waals surface area contributed by atoms with Gasteiger partial charge in [0.15, 0.2) is 6.79 Å². The third-order valence-corrected chi connectivity index (χ3v) is 6.92. The zero-order valence-corrected chi connectivity index (χ0v) is 24.5. The number of hydrogen-bond acceptors (Lipinski definition) is 6. The van der Waals surface area contributed by atoms with Gasteiger partial charge >= 0.3 is 5.97 Å². The molecule has 1 heterocycles. The van der Waals surface area contributed by atoms with Gasteiger partial charge in [-0.05, 0) is 74.5 Å². The van der Waals surface area contributed by atoms with Crippen molar-refractivity contribution >= 4 is 16.9 Å². The molecule has 7 heteroatoms. The van der Waals surface area contributed by atoms with Crippen LogP contribution >= 0.6 is 0 Å². The summed E-state index contributed by atoms with van der Waals surface area (Å²) in [5.41, 5.74) is 3.96. The number of nitrogens with zero attached hydrogens (tertiary/aromatic N) is 2. The number of carbonyl (C=O) groups excluding carboxylic acids is 1. The molecule has 4 rings (SSSR count). The summed E-state index contributed by atoms with van der Waals surface area (Å²) in [4.78, 5) is 14.6. The minimum absolute atomic E-state index is 0.267. The Bertz CT molecular complexity index is 1350. The van der Waals surface area contributed by atoms with Crippen molar-refractivity contribution in [3.05, 3.63) is 95.7 Å². The van der Waals surface area contributed by atoms with Crippen molar-refractivity contribution in [1.29, 1.82) is 0 Å². The van der Waals surface area contributed by atoms with Crippen LogP contribution in [0.3, 0.4) is 0 Å². The molecule has 41 heavy (non-hydrogen) atoms. The molecule has 0 aliphatic carbocycles. The van der Waals surface area contributed by atoms with Crippen LogP contribution in [0.5, 0.6) is 11.5 Å². The van der Waals surface area contributed by atoms with Gasteiger partial charge in [-0.15, -0.1) is 0 Å². The number of methoxy groups -OCH3 is 1. The summed E-state index contributed by atoms with van der Waals surface area (Å²) >= 11 is 0. The first-order valence-corrected chi connectivity index (χ1v) is 14.4. The number of esters is 1. The smallest absolute Gasteiger partial charge is 0.354 e. The fourth-order valence-electron chi connectivity index (χ4n) is 4.82. The maximum atomic E-state index is 12.5. The lowest BCUT2D eigenvalue weighted by Gasteiger charge is -2.11. The maximum Gasteiger partial charge on any atom is 0.354 e. The van der Waals surface area contributed by atoms with Crippen LogP contribution in [-0.2, 0) is 29.2 Å². The molecule has 0 radical (unpaired) electrons. The van der Waals surface area contributed by atoms with Crippen LogP contribution in [0.15, 0.2) is 78.9 Å². The van der Waals surface area contributed by atoms with Crippen molar-refractivity contribution in [3.63, 3.8) is 0 Å². The summed E-state index contributed by atoms with van der Waals surface area (Å²) in [6.45, 7) is 3.12. The van der Waals surface area contributed by atoms with E-state index in [-0.39, 0.29) is 12.8 Å². The Labute approximate surface area is 243 Å². The van der Waals surface area contributed by atoms with E-state index in [9.17, 15) is 4.79 Å². The molecule has 218 valence electrons. The molecule has 0 spiro atoms. The van der Waals surface area contributed by atoms with E-state index in [2.05, 4.69) is 35.7 Å². The summed E-state index contributed by atoms with van der Waals surface area (Å²) < 4.78 is 24.5. The Kier molecular flexibility index (Phi) is 11.7. The summed E-state index contributed by atoms with van der Waals surface area (Å²) in [6.07, 6.45) is 5.26. The second-order valence-corrected chi connectivity index (χ2v) is 10.5. The average molecular weight is 559 g/mol. The number of fused-ring (bicyclic) bond motifs is 1.